The van der Waals surface area contributed by atoms with Crippen LogP contribution in [0.4, 0.5) is 0 Å². The zero-order valence-corrected chi connectivity index (χ0v) is 20.1. The first kappa shape index (κ1) is 22.2. The summed E-state index contributed by atoms with van der Waals surface area (Å²) in [5.74, 6) is 0.707. The van der Waals surface area contributed by atoms with Crippen molar-refractivity contribution in [3.8, 4) is 5.69 Å². The molecule has 2 aromatic heterocycles. The third-order valence-electron chi connectivity index (χ3n) is 5.89. The summed E-state index contributed by atoms with van der Waals surface area (Å²) >= 11 is 1.44. The molecule has 3 aromatic carbocycles. The number of fused-ring (bicyclic) bond motifs is 2. The predicted molar refractivity (Wildman–Crippen MR) is 138 cm³/mol. The molecular weight excluding hydrogens is 444 g/mol. The monoisotopic (exact) mass is 468 g/mol. The fourth-order valence-electron chi connectivity index (χ4n) is 4.20. The molecule has 34 heavy (non-hydrogen) atoms. The van der Waals surface area contributed by atoms with Crippen LogP contribution in [-0.2, 0) is 5.75 Å². The van der Waals surface area contributed by atoms with Crippen molar-refractivity contribution in [3.05, 3.63) is 110 Å². The van der Waals surface area contributed by atoms with E-state index in [1.54, 1.807) is 4.57 Å². The average Bonchev–Trinajstić information content (AvgIpc) is 2.82. The summed E-state index contributed by atoms with van der Waals surface area (Å²) in [6, 6.07) is 22.7. The fraction of sp³-hybridized carbons (Fsp3) is 0.179. The number of benzene rings is 3. The molecular formula is C28H24N2O3S. The van der Waals surface area contributed by atoms with Crippen LogP contribution in [0.3, 0.4) is 0 Å². The maximum atomic E-state index is 13.7. The van der Waals surface area contributed by atoms with Crippen LogP contribution in [0, 0.1) is 6.92 Å². The smallest absolute Gasteiger partial charge is 0.336 e. The van der Waals surface area contributed by atoms with Gasteiger partial charge in [-0.05, 0) is 53.8 Å². The standard InChI is InChI=1S/C28H24N2O3S/c1-17(2)20-8-5-7-11-24(20)30-27(32)22-9-4-6-10-23(22)29-28(30)34-16-19-15-26(31)33-25-14-18(3)12-13-21(19)25/h4-15,17H,16H2,1-3H3. The van der Waals surface area contributed by atoms with Gasteiger partial charge in [-0.2, -0.15) is 0 Å². The van der Waals surface area contributed by atoms with Gasteiger partial charge in [0.05, 0.1) is 16.6 Å². The largest absolute Gasteiger partial charge is 0.423 e. The second-order valence-corrected chi connectivity index (χ2v) is 9.59. The van der Waals surface area contributed by atoms with Crippen molar-refractivity contribution < 1.29 is 4.42 Å². The fourth-order valence-corrected chi connectivity index (χ4v) is 5.20. The number of aromatic nitrogens is 2. The van der Waals surface area contributed by atoms with Gasteiger partial charge < -0.3 is 4.42 Å². The lowest BCUT2D eigenvalue weighted by atomic mass is 10.0. The molecule has 0 atom stereocenters. The molecule has 0 amide bonds. The first-order valence-electron chi connectivity index (χ1n) is 11.2. The second-order valence-electron chi connectivity index (χ2n) is 8.64. The molecule has 0 aliphatic rings. The van der Waals surface area contributed by atoms with E-state index in [0.29, 0.717) is 27.4 Å². The van der Waals surface area contributed by atoms with Crippen molar-refractivity contribution in [2.45, 2.75) is 37.6 Å². The Morgan fingerprint density at radius 1 is 0.941 bits per heavy atom. The third kappa shape index (κ3) is 4.05. The van der Waals surface area contributed by atoms with Gasteiger partial charge in [0, 0.05) is 17.2 Å². The molecule has 0 aliphatic heterocycles. The van der Waals surface area contributed by atoms with Gasteiger partial charge in [0.2, 0.25) is 0 Å². The van der Waals surface area contributed by atoms with E-state index in [2.05, 4.69) is 13.8 Å². The Kier molecular flexibility index (Phi) is 5.84. The van der Waals surface area contributed by atoms with Gasteiger partial charge in [-0.1, -0.05) is 68.1 Å². The SMILES string of the molecule is Cc1ccc2c(CSc3nc4ccccc4c(=O)n3-c3ccccc3C(C)C)cc(=O)oc2c1. The van der Waals surface area contributed by atoms with Crippen LogP contribution in [0.5, 0.6) is 0 Å². The molecule has 0 bridgehead atoms. The van der Waals surface area contributed by atoms with Crippen molar-refractivity contribution >= 4 is 33.6 Å². The Morgan fingerprint density at radius 2 is 1.71 bits per heavy atom. The van der Waals surface area contributed by atoms with E-state index in [1.165, 1.54) is 17.8 Å². The van der Waals surface area contributed by atoms with E-state index >= 15 is 0 Å². The molecule has 0 radical (unpaired) electrons. The first-order chi connectivity index (χ1) is 16.4. The maximum absolute atomic E-state index is 13.7. The molecule has 5 rings (SSSR count). The van der Waals surface area contributed by atoms with Crippen LogP contribution in [0.1, 0.15) is 36.5 Å². The van der Waals surface area contributed by atoms with Gasteiger partial charge in [0.1, 0.15) is 5.58 Å². The Balaban J connectivity index is 1.68. The van der Waals surface area contributed by atoms with Crippen LogP contribution in [-0.4, -0.2) is 9.55 Å². The van der Waals surface area contributed by atoms with E-state index in [0.717, 1.165) is 27.8 Å². The van der Waals surface area contributed by atoms with Gasteiger partial charge in [-0.15, -0.1) is 0 Å². The molecule has 0 N–H and O–H groups in total. The minimum Gasteiger partial charge on any atom is -0.423 e. The highest BCUT2D eigenvalue weighted by atomic mass is 32.2. The zero-order chi connectivity index (χ0) is 23.8. The van der Waals surface area contributed by atoms with Gasteiger partial charge in [0.15, 0.2) is 5.16 Å². The molecule has 6 heteroatoms. The molecule has 0 fully saturated rings. The molecule has 0 spiro atoms. The van der Waals surface area contributed by atoms with Crippen molar-refractivity contribution in [1.82, 2.24) is 9.55 Å². The summed E-state index contributed by atoms with van der Waals surface area (Å²) in [6.07, 6.45) is 0. The van der Waals surface area contributed by atoms with Gasteiger partial charge in [0.25, 0.3) is 5.56 Å². The highest BCUT2D eigenvalue weighted by Crippen LogP contribution is 2.30. The Labute approximate surface area is 201 Å². The number of hydrogen-bond acceptors (Lipinski definition) is 5. The highest BCUT2D eigenvalue weighted by molar-refractivity contribution is 7.98. The quantitative estimate of drug-likeness (QED) is 0.174. The molecule has 2 heterocycles. The summed E-state index contributed by atoms with van der Waals surface area (Å²) in [5, 5.41) is 2.05. The molecule has 0 unspecified atom stereocenters. The third-order valence-corrected chi connectivity index (χ3v) is 6.87. The molecule has 0 aliphatic carbocycles. The Hall–Kier alpha value is -3.64. The average molecular weight is 469 g/mol. The summed E-state index contributed by atoms with van der Waals surface area (Å²) in [6.45, 7) is 6.19. The number of nitrogens with zero attached hydrogens (tertiary/aromatic N) is 2. The van der Waals surface area contributed by atoms with Crippen molar-refractivity contribution in [1.29, 1.82) is 0 Å². The van der Waals surface area contributed by atoms with Crippen LogP contribution < -0.4 is 11.2 Å². The van der Waals surface area contributed by atoms with Crippen LogP contribution >= 0.6 is 11.8 Å². The summed E-state index contributed by atoms with van der Waals surface area (Å²) in [4.78, 5) is 30.8. The lowest BCUT2D eigenvalue weighted by molar-refractivity contribution is 0.559. The predicted octanol–water partition coefficient (Wildman–Crippen LogP) is 6.22. The maximum Gasteiger partial charge on any atom is 0.336 e. The van der Waals surface area contributed by atoms with E-state index in [4.69, 9.17) is 9.40 Å². The number of aryl methyl sites for hydroxylation is 1. The minimum absolute atomic E-state index is 0.103. The van der Waals surface area contributed by atoms with Crippen molar-refractivity contribution in [2.75, 3.05) is 0 Å². The van der Waals surface area contributed by atoms with Gasteiger partial charge >= 0.3 is 5.63 Å². The molecule has 0 saturated carbocycles. The Bertz CT molecular complexity index is 1650. The first-order valence-corrected chi connectivity index (χ1v) is 12.2. The normalized spacial score (nSPS) is 11.5. The van der Waals surface area contributed by atoms with E-state index in [1.807, 2.05) is 73.7 Å². The molecule has 170 valence electrons. The van der Waals surface area contributed by atoms with E-state index in [-0.39, 0.29) is 17.1 Å². The summed E-state index contributed by atoms with van der Waals surface area (Å²) < 4.78 is 7.12. The van der Waals surface area contributed by atoms with E-state index in [9.17, 15) is 9.59 Å². The Morgan fingerprint density at radius 3 is 2.53 bits per heavy atom. The van der Waals surface area contributed by atoms with Crippen LogP contribution in [0.15, 0.2) is 92.0 Å². The topological polar surface area (TPSA) is 65.1 Å². The zero-order valence-electron chi connectivity index (χ0n) is 19.2. The molecule has 5 aromatic rings. The molecule has 5 nitrogen and oxygen atoms in total. The summed E-state index contributed by atoms with van der Waals surface area (Å²) in [7, 11) is 0. The number of hydrogen-bond donors (Lipinski definition) is 0. The second kappa shape index (κ2) is 8.95. The van der Waals surface area contributed by atoms with Crippen molar-refractivity contribution in [3.63, 3.8) is 0 Å². The lowest BCUT2D eigenvalue weighted by Crippen LogP contribution is -2.23. The highest BCUT2D eigenvalue weighted by Gasteiger charge is 2.18. The van der Waals surface area contributed by atoms with E-state index < -0.39 is 0 Å². The van der Waals surface area contributed by atoms with Gasteiger partial charge in [-0.25, -0.2) is 9.78 Å². The number of para-hydroxylation sites is 2. The molecule has 0 saturated heterocycles. The van der Waals surface area contributed by atoms with Crippen LogP contribution in [0.25, 0.3) is 27.6 Å². The minimum atomic E-state index is -0.386. The lowest BCUT2D eigenvalue weighted by Gasteiger charge is -2.18. The van der Waals surface area contributed by atoms with Gasteiger partial charge in [-0.3, -0.25) is 9.36 Å². The van der Waals surface area contributed by atoms with Crippen LogP contribution in [0.2, 0.25) is 0 Å². The summed E-state index contributed by atoms with van der Waals surface area (Å²) in [5.41, 5.74) is 4.51. The number of rotatable bonds is 5. The van der Waals surface area contributed by atoms with Crippen molar-refractivity contribution in [2.24, 2.45) is 0 Å². The number of thioether (sulfide) groups is 1.